The second kappa shape index (κ2) is 3.93. The van der Waals surface area contributed by atoms with Crippen molar-refractivity contribution in [2.75, 3.05) is 0 Å². The molecule has 16 heavy (non-hydrogen) atoms. The van der Waals surface area contributed by atoms with E-state index in [1.165, 1.54) is 0 Å². The van der Waals surface area contributed by atoms with E-state index >= 15 is 0 Å². The van der Waals surface area contributed by atoms with Crippen LogP contribution in [0.4, 0.5) is 0 Å². The summed E-state index contributed by atoms with van der Waals surface area (Å²) in [5, 5.41) is 0. The Kier molecular flexibility index (Phi) is 2.60. The third kappa shape index (κ3) is 1.76. The minimum Gasteiger partial charge on any atom is -0.323 e. The number of aromatic amines is 1. The monoisotopic (exact) mass is 214 g/mol. The minimum atomic E-state index is -0.127. The van der Waals surface area contributed by atoms with Crippen molar-refractivity contribution in [3.05, 3.63) is 51.6 Å². The van der Waals surface area contributed by atoms with Crippen LogP contribution < -0.4 is 5.56 Å². The third-order valence-electron chi connectivity index (χ3n) is 2.74. The molecular weight excluding hydrogens is 200 g/mol. The molecule has 0 unspecified atom stereocenters. The van der Waals surface area contributed by atoms with E-state index in [-0.39, 0.29) is 5.56 Å². The van der Waals surface area contributed by atoms with Gasteiger partial charge in [-0.3, -0.25) is 4.79 Å². The highest BCUT2D eigenvalue weighted by molar-refractivity contribution is 5.62. The maximum absolute atomic E-state index is 11.8. The highest BCUT2D eigenvalue weighted by Crippen LogP contribution is 2.18. The Hall–Kier alpha value is -1.90. The lowest BCUT2D eigenvalue weighted by Gasteiger charge is -2.06. The van der Waals surface area contributed by atoms with Crippen LogP contribution in [0.3, 0.4) is 0 Å². The zero-order valence-corrected chi connectivity index (χ0v) is 9.66. The molecule has 0 spiro atoms. The molecule has 0 bridgehead atoms. The van der Waals surface area contributed by atoms with Crippen molar-refractivity contribution >= 4 is 0 Å². The number of H-pyrrole nitrogens is 1. The fraction of sp³-hybridized carbons (Fsp3) is 0.231. The van der Waals surface area contributed by atoms with E-state index in [1.54, 1.807) is 0 Å². The van der Waals surface area contributed by atoms with Crippen LogP contribution in [-0.2, 0) is 0 Å². The maximum atomic E-state index is 11.8. The first-order valence-electron chi connectivity index (χ1n) is 5.23. The van der Waals surface area contributed by atoms with Crippen molar-refractivity contribution in [1.29, 1.82) is 0 Å². The number of nitrogens with zero attached hydrogens (tertiary/aromatic N) is 1. The maximum Gasteiger partial charge on any atom is 0.274 e. The van der Waals surface area contributed by atoms with Crippen LogP contribution in [-0.4, -0.2) is 9.97 Å². The summed E-state index contributed by atoms with van der Waals surface area (Å²) in [5.74, 6) is 0. The average molecular weight is 214 g/mol. The van der Waals surface area contributed by atoms with Gasteiger partial charge in [-0.1, -0.05) is 24.3 Å². The van der Waals surface area contributed by atoms with E-state index in [2.05, 4.69) is 9.97 Å². The van der Waals surface area contributed by atoms with Gasteiger partial charge in [0.2, 0.25) is 0 Å². The first-order chi connectivity index (χ1) is 7.59. The number of hydrogen-bond acceptors (Lipinski definition) is 2. The van der Waals surface area contributed by atoms with Gasteiger partial charge < -0.3 is 4.98 Å². The largest absolute Gasteiger partial charge is 0.323 e. The Morgan fingerprint density at radius 3 is 2.50 bits per heavy atom. The lowest BCUT2D eigenvalue weighted by atomic mass is 10.1. The molecule has 0 saturated heterocycles. The summed E-state index contributed by atoms with van der Waals surface area (Å²) in [6.45, 7) is 5.73. The molecule has 1 heterocycles. The molecule has 0 fully saturated rings. The van der Waals surface area contributed by atoms with Crippen molar-refractivity contribution in [2.24, 2.45) is 0 Å². The standard InChI is InChI=1S/C13H14N2O/c1-8-6-4-5-7-11(8)12-13(16)15-10(3)9(2)14-12/h4-7H,1-3H3,(H,15,16). The number of hydrogen-bond donors (Lipinski definition) is 1. The lowest BCUT2D eigenvalue weighted by molar-refractivity contribution is 1.02. The fourth-order valence-corrected chi connectivity index (χ4v) is 1.64. The number of aromatic nitrogens is 2. The quantitative estimate of drug-likeness (QED) is 0.792. The molecule has 0 radical (unpaired) electrons. The molecule has 0 amide bonds. The Balaban J connectivity index is 2.70. The fourth-order valence-electron chi connectivity index (χ4n) is 1.64. The Morgan fingerprint density at radius 1 is 1.12 bits per heavy atom. The topological polar surface area (TPSA) is 45.8 Å². The molecule has 1 N–H and O–H groups in total. The van der Waals surface area contributed by atoms with Crippen molar-refractivity contribution in [1.82, 2.24) is 9.97 Å². The normalized spacial score (nSPS) is 10.4. The van der Waals surface area contributed by atoms with E-state index in [9.17, 15) is 4.79 Å². The van der Waals surface area contributed by atoms with Crippen molar-refractivity contribution in [2.45, 2.75) is 20.8 Å². The van der Waals surface area contributed by atoms with Crippen LogP contribution >= 0.6 is 0 Å². The summed E-state index contributed by atoms with van der Waals surface area (Å²) in [7, 11) is 0. The SMILES string of the molecule is Cc1ccccc1-c1nc(C)c(C)[nH]c1=O. The summed E-state index contributed by atoms with van der Waals surface area (Å²) in [6, 6.07) is 7.76. The molecule has 0 aliphatic heterocycles. The molecule has 0 atom stereocenters. The second-order valence-corrected chi connectivity index (χ2v) is 3.94. The summed E-state index contributed by atoms with van der Waals surface area (Å²) in [5.41, 5.74) is 4.01. The molecule has 3 nitrogen and oxygen atoms in total. The lowest BCUT2D eigenvalue weighted by Crippen LogP contribution is -2.14. The van der Waals surface area contributed by atoms with Crippen LogP contribution in [0.5, 0.6) is 0 Å². The first kappa shape index (κ1) is 10.6. The first-order valence-corrected chi connectivity index (χ1v) is 5.23. The van der Waals surface area contributed by atoms with Crippen LogP contribution in [0.1, 0.15) is 17.0 Å². The third-order valence-corrected chi connectivity index (χ3v) is 2.74. The molecular formula is C13H14N2O. The van der Waals surface area contributed by atoms with E-state index in [0.717, 1.165) is 22.5 Å². The van der Waals surface area contributed by atoms with Gasteiger partial charge >= 0.3 is 0 Å². The van der Waals surface area contributed by atoms with E-state index in [0.29, 0.717) is 5.69 Å². The zero-order chi connectivity index (χ0) is 11.7. The number of rotatable bonds is 1. The van der Waals surface area contributed by atoms with Gasteiger partial charge in [-0.2, -0.15) is 0 Å². The summed E-state index contributed by atoms with van der Waals surface area (Å²) < 4.78 is 0. The van der Waals surface area contributed by atoms with Crippen LogP contribution in [0.2, 0.25) is 0 Å². The van der Waals surface area contributed by atoms with Crippen LogP contribution in [0.25, 0.3) is 11.3 Å². The molecule has 0 aliphatic carbocycles. The molecule has 2 aromatic rings. The van der Waals surface area contributed by atoms with E-state index in [4.69, 9.17) is 0 Å². The van der Waals surface area contributed by atoms with Gasteiger partial charge in [-0.25, -0.2) is 4.98 Å². The highest BCUT2D eigenvalue weighted by atomic mass is 16.1. The summed E-state index contributed by atoms with van der Waals surface area (Å²) in [4.78, 5) is 19.0. The summed E-state index contributed by atoms with van der Waals surface area (Å²) in [6.07, 6.45) is 0. The van der Waals surface area contributed by atoms with Gasteiger partial charge in [0.05, 0.1) is 5.69 Å². The molecule has 0 aliphatic rings. The van der Waals surface area contributed by atoms with Crippen molar-refractivity contribution < 1.29 is 0 Å². The minimum absolute atomic E-state index is 0.127. The van der Waals surface area contributed by atoms with E-state index < -0.39 is 0 Å². The Labute approximate surface area is 94.2 Å². The van der Waals surface area contributed by atoms with Gasteiger partial charge in [0.25, 0.3) is 5.56 Å². The van der Waals surface area contributed by atoms with Crippen molar-refractivity contribution in [3.8, 4) is 11.3 Å². The van der Waals surface area contributed by atoms with Gasteiger partial charge in [0.1, 0.15) is 5.69 Å². The van der Waals surface area contributed by atoms with Gasteiger partial charge in [0.15, 0.2) is 0 Å². The number of nitrogens with one attached hydrogen (secondary N) is 1. The summed E-state index contributed by atoms with van der Waals surface area (Å²) >= 11 is 0. The molecule has 1 aromatic carbocycles. The molecule has 82 valence electrons. The molecule has 2 rings (SSSR count). The smallest absolute Gasteiger partial charge is 0.274 e. The Morgan fingerprint density at radius 2 is 1.81 bits per heavy atom. The van der Waals surface area contributed by atoms with Crippen LogP contribution in [0.15, 0.2) is 29.1 Å². The number of benzene rings is 1. The Bertz CT molecular complexity index is 585. The van der Waals surface area contributed by atoms with Crippen LogP contribution in [0, 0.1) is 20.8 Å². The second-order valence-electron chi connectivity index (χ2n) is 3.94. The number of aryl methyl sites for hydroxylation is 3. The molecule has 0 saturated carbocycles. The zero-order valence-electron chi connectivity index (χ0n) is 9.66. The van der Waals surface area contributed by atoms with Crippen molar-refractivity contribution in [3.63, 3.8) is 0 Å². The molecule has 3 heteroatoms. The van der Waals surface area contributed by atoms with Gasteiger partial charge in [-0.05, 0) is 26.3 Å². The predicted molar refractivity (Wildman–Crippen MR) is 64.5 cm³/mol. The highest BCUT2D eigenvalue weighted by Gasteiger charge is 2.09. The molecule has 1 aromatic heterocycles. The average Bonchev–Trinajstić information content (AvgIpc) is 2.25. The van der Waals surface area contributed by atoms with E-state index in [1.807, 2.05) is 45.0 Å². The van der Waals surface area contributed by atoms with Gasteiger partial charge in [-0.15, -0.1) is 0 Å². The predicted octanol–water partition coefficient (Wildman–Crippen LogP) is 2.36. The van der Waals surface area contributed by atoms with Gasteiger partial charge in [0, 0.05) is 11.3 Å².